The number of pyridine rings is 1. The molecular weight excluding hydrogens is 122 g/mol. The molecule has 0 fully saturated rings. The van der Waals surface area contributed by atoms with E-state index in [0.717, 1.165) is 12.1 Å². The zero-order chi connectivity index (χ0) is 6.69. The Hall–Kier alpha value is -0.850. The third-order valence-electron chi connectivity index (χ3n) is 1.38. The SMILES string of the molecule is C.CCc1ccc(C)nc1. The summed E-state index contributed by atoms with van der Waals surface area (Å²) in [6, 6.07) is 4.15. The van der Waals surface area contributed by atoms with Crippen LogP contribution in [0.4, 0.5) is 0 Å². The Labute approximate surface area is 63.1 Å². The van der Waals surface area contributed by atoms with Crippen molar-refractivity contribution in [3.8, 4) is 0 Å². The van der Waals surface area contributed by atoms with Gasteiger partial charge in [0.2, 0.25) is 0 Å². The Bertz CT molecular complexity index is 176. The molecule has 10 heavy (non-hydrogen) atoms. The van der Waals surface area contributed by atoms with Crippen LogP contribution in [0.2, 0.25) is 0 Å². The fourth-order valence-electron chi connectivity index (χ4n) is 0.708. The van der Waals surface area contributed by atoms with Gasteiger partial charge in [0.05, 0.1) is 0 Å². The quantitative estimate of drug-likeness (QED) is 0.579. The van der Waals surface area contributed by atoms with E-state index in [2.05, 4.69) is 18.0 Å². The van der Waals surface area contributed by atoms with E-state index in [4.69, 9.17) is 0 Å². The second-order valence-electron chi connectivity index (χ2n) is 2.16. The van der Waals surface area contributed by atoms with Gasteiger partial charge in [-0.1, -0.05) is 20.4 Å². The number of aryl methyl sites for hydroxylation is 2. The van der Waals surface area contributed by atoms with Crippen molar-refractivity contribution >= 4 is 0 Å². The van der Waals surface area contributed by atoms with Gasteiger partial charge in [-0.2, -0.15) is 0 Å². The first kappa shape index (κ1) is 9.15. The average Bonchev–Trinajstić information content (AvgIpc) is 1.90. The lowest BCUT2D eigenvalue weighted by Gasteiger charge is -1.93. The first-order valence-corrected chi connectivity index (χ1v) is 3.24. The van der Waals surface area contributed by atoms with Crippen molar-refractivity contribution in [3.05, 3.63) is 29.6 Å². The van der Waals surface area contributed by atoms with Gasteiger partial charge in [-0.3, -0.25) is 4.98 Å². The molecule has 1 rings (SSSR count). The standard InChI is InChI=1S/C8H11N.CH4/c1-3-8-5-4-7(2)9-6-8;/h4-6H,3H2,1-2H3;1H4. The maximum absolute atomic E-state index is 4.15. The second-order valence-corrected chi connectivity index (χ2v) is 2.16. The van der Waals surface area contributed by atoms with Gasteiger partial charge >= 0.3 is 0 Å². The molecule has 0 spiro atoms. The van der Waals surface area contributed by atoms with Crippen LogP contribution < -0.4 is 0 Å². The molecule has 0 saturated heterocycles. The third kappa shape index (κ3) is 2.18. The molecule has 1 heterocycles. The van der Waals surface area contributed by atoms with E-state index in [1.54, 1.807) is 0 Å². The molecule has 56 valence electrons. The Morgan fingerprint density at radius 2 is 2.10 bits per heavy atom. The van der Waals surface area contributed by atoms with Crippen LogP contribution in [0.5, 0.6) is 0 Å². The van der Waals surface area contributed by atoms with E-state index in [1.165, 1.54) is 5.56 Å². The van der Waals surface area contributed by atoms with Crippen molar-refractivity contribution in [2.24, 2.45) is 0 Å². The number of hydrogen-bond acceptors (Lipinski definition) is 1. The van der Waals surface area contributed by atoms with Gasteiger partial charge in [0.15, 0.2) is 0 Å². The van der Waals surface area contributed by atoms with Crippen molar-refractivity contribution in [3.63, 3.8) is 0 Å². The van der Waals surface area contributed by atoms with Crippen molar-refractivity contribution in [2.45, 2.75) is 27.7 Å². The largest absolute Gasteiger partial charge is 0.261 e. The maximum Gasteiger partial charge on any atom is 0.0372 e. The minimum atomic E-state index is 0. The predicted octanol–water partition coefficient (Wildman–Crippen LogP) is 2.59. The van der Waals surface area contributed by atoms with Crippen molar-refractivity contribution in [1.29, 1.82) is 0 Å². The number of aromatic nitrogens is 1. The van der Waals surface area contributed by atoms with Crippen molar-refractivity contribution in [2.75, 3.05) is 0 Å². The van der Waals surface area contributed by atoms with Crippen LogP contribution in [-0.4, -0.2) is 4.98 Å². The lowest BCUT2D eigenvalue weighted by atomic mass is 10.2. The fraction of sp³-hybridized carbons (Fsp3) is 0.444. The topological polar surface area (TPSA) is 12.9 Å². The molecule has 0 aromatic carbocycles. The van der Waals surface area contributed by atoms with E-state index in [-0.39, 0.29) is 7.43 Å². The highest BCUT2D eigenvalue weighted by Crippen LogP contribution is 1.98. The maximum atomic E-state index is 4.15. The summed E-state index contributed by atoms with van der Waals surface area (Å²) in [5.41, 5.74) is 2.40. The summed E-state index contributed by atoms with van der Waals surface area (Å²) in [6.07, 6.45) is 3.00. The Morgan fingerprint density at radius 1 is 1.40 bits per heavy atom. The van der Waals surface area contributed by atoms with Gasteiger partial charge in [-0.05, 0) is 25.0 Å². The molecule has 0 bridgehead atoms. The molecule has 0 amide bonds. The molecule has 1 aromatic heterocycles. The lowest BCUT2D eigenvalue weighted by molar-refractivity contribution is 1.08. The van der Waals surface area contributed by atoms with Gasteiger partial charge in [0, 0.05) is 11.9 Å². The first-order chi connectivity index (χ1) is 4.33. The van der Waals surface area contributed by atoms with Crippen LogP contribution in [0.3, 0.4) is 0 Å². The molecule has 0 aliphatic carbocycles. The first-order valence-electron chi connectivity index (χ1n) is 3.24. The van der Waals surface area contributed by atoms with Gasteiger partial charge in [0.1, 0.15) is 0 Å². The lowest BCUT2D eigenvalue weighted by Crippen LogP contribution is -1.83. The molecule has 0 unspecified atom stereocenters. The average molecular weight is 137 g/mol. The molecule has 1 nitrogen and oxygen atoms in total. The van der Waals surface area contributed by atoms with Crippen LogP contribution >= 0.6 is 0 Å². The Kier molecular flexibility index (Phi) is 3.70. The normalized spacial score (nSPS) is 8.60. The highest BCUT2D eigenvalue weighted by molar-refractivity contribution is 5.12. The molecule has 0 aliphatic rings. The Balaban J connectivity index is 0.000000810. The van der Waals surface area contributed by atoms with Crippen molar-refractivity contribution in [1.82, 2.24) is 4.98 Å². The highest BCUT2D eigenvalue weighted by atomic mass is 14.6. The summed E-state index contributed by atoms with van der Waals surface area (Å²) >= 11 is 0. The molecule has 0 N–H and O–H groups in total. The van der Waals surface area contributed by atoms with Crippen LogP contribution in [0.1, 0.15) is 25.6 Å². The summed E-state index contributed by atoms with van der Waals surface area (Å²) in [7, 11) is 0. The fourth-order valence-corrected chi connectivity index (χ4v) is 0.708. The molecule has 0 radical (unpaired) electrons. The van der Waals surface area contributed by atoms with Crippen molar-refractivity contribution < 1.29 is 0 Å². The summed E-state index contributed by atoms with van der Waals surface area (Å²) in [5, 5.41) is 0. The van der Waals surface area contributed by atoms with Gasteiger partial charge in [-0.25, -0.2) is 0 Å². The molecule has 0 atom stereocenters. The van der Waals surface area contributed by atoms with Gasteiger partial charge in [0.25, 0.3) is 0 Å². The van der Waals surface area contributed by atoms with E-state index < -0.39 is 0 Å². The summed E-state index contributed by atoms with van der Waals surface area (Å²) < 4.78 is 0. The second kappa shape index (κ2) is 4.04. The molecular formula is C9H15N. The summed E-state index contributed by atoms with van der Waals surface area (Å²) in [5.74, 6) is 0. The van der Waals surface area contributed by atoms with Crippen LogP contribution in [0.15, 0.2) is 18.3 Å². The van der Waals surface area contributed by atoms with E-state index >= 15 is 0 Å². The molecule has 0 saturated carbocycles. The van der Waals surface area contributed by atoms with Crippen LogP contribution in [0.25, 0.3) is 0 Å². The third-order valence-corrected chi connectivity index (χ3v) is 1.38. The Morgan fingerprint density at radius 3 is 2.50 bits per heavy atom. The summed E-state index contributed by atoms with van der Waals surface area (Å²) in [4.78, 5) is 4.15. The van der Waals surface area contributed by atoms with Crippen LogP contribution in [0, 0.1) is 6.92 Å². The van der Waals surface area contributed by atoms with Gasteiger partial charge < -0.3 is 0 Å². The monoisotopic (exact) mass is 137 g/mol. The number of rotatable bonds is 1. The highest BCUT2D eigenvalue weighted by Gasteiger charge is 1.86. The molecule has 1 aromatic rings. The number of nitrogens with zero attached hydrogens (tertiary/aromatic N) is 1. The minimum Gasteiger partial charge on any atom is -0.261 e. The van der Waals surface area contributed by atoms with Crippen LogP contribution in [-0.2, 0) is 6.42 Å². The van der Waals surface area contributed by atoms with E-state index in [9.17, 15) is 0 Å². The molecule has 1 heteroatoms. The summed E-state index contributed by atoms with van der Waals surface area (Å²) in [6.45, 7) is 4.13. The van der Waals surface area contributed by atoms with E-state index in [0.29, 0.717) is 0 Å². The zero-order valence-corrected chi connectivity index (χ0v) is 5.89. The predicted molar refractivity (Wildman–Crippen MR) is 45.1 cm³/mol. The smallest absolute Gasteiger partial charge is 0.0372 e. The van der Waals surface area contributed by atoms with Gasteiger partial charge in [-0.15, -0.1) is 0 Å². The minimum absolute atomic E-state index is 0. The number of hydrogen-bond donors (Lipinski definition) is 0. The zero-order valence-electron chi connectivity index (χ0n) is 5.89. The molecule has 0 aliphatic heterocycles. The van der Waals surface area contributed by atoms with E-state index in [1.807, 2.05) is 19.2 Å².